The average Bonchev–Trinajstić information content (AvgIpc) is 3.33. The van der Waals surface area contributed by atoms with Crippen LogP contribution in [0.2, 0.25) is 0 Å². The number of hydrogen-bond acceptors (Lipinski definition) is 7. The lowest BCUT2D eigenvalue weighted by Gasteiger charge is -2.13. The second kappa shape index (κ2) is 7.57. The average molecular weight is 355 g/mol. The number of ketones is 2. The van der Waals surface area contributed by atoms with Crippen molar-refractivity contribution in [3.8, 4) is 5.82 Å². The van der Waals surface area contributed by atoms with Crippen LogP contribution in [0.3, 0.4) is 0 Å². The standard InChI is InChI=1S/C18H21N5O3/c1-22(2)8-14(17(24)12-4-5-12)18(25)13-6-7-16(21-15(13)9-26-3)23-11-19-10-20-23/h6-8,10-12H,4-5,9H2,1-3H3/b14-8-. The van der Waals surface area contributed by atoms with Crippen molar-refractivity contribution in [2.24, 2.45) is 5.92 Å². The maximum atomic E-state index is 13.1. The van der Waals surface area contributed by atoms with Crippen LogP contribution in [0.5, 0.6) is 0 Å². The van der Waals surface area contributed by atoms with Crippen molar-refractivity contribution in [1.29, 1.82) is 0 Å². The molecule has 1 fully saturated rings. The maximum Gasteiger partial charge on any atom is 0.200 e. The zero-order valence-electron chi connectivity index (χ0n) is 15.0. The highest BCUT2D eigenvalue weighted by Gasteiger charge is 2.35. The second-order valence-corrected chi connectivity index (χ2v) is 6.41. The highest BCUT2D eigenvalue weighted by Crippen LogP contribution is 2.33. The summed E-state index contributed by atoms with van der Waals surface area (Å²) in [6.07, 6.45) is 6.19. The van der Waals surface area contributed by atoms with E-state index in [0.29, 0.717) is 17.1 Å². The molecular formula is C18H21N5O3. The number of Topliss-reactive ketones (excluding diaryl/α,β-unsaturated/α-hetero) is 2. The molecule has 0 aromatic carbocycles. The first kappa shape index (κ1) is 17.9. The lowest BCUT2D eigenvalue weighted by molar-refractivity contribution is -0.116. The van der Waals surface area contributed by atoms with Crippen LogP contribution >= 0.6 is 0 Å². The third-order valence-electron chi connectivity index (χ3n) is 3.98. The molecule has 0 aliphatic heterocycles. The topological polar surface area (TPSA) is 90.2 Å². The van der Waals surface area contributed by atoms with Gasteiger partial charge in [0.25, 0.3) is 0 Å². The third-order valence-corrected chi connectivity index (χ3v) is 3.98. The molecule has 136 valence electrons. The minimum atomic E-state index is -0.333. The van der Waals surface area contributed by atoms with E-state index in [4.69, 9.17) is 4.74 Å². The highest BCUT2D eigenvalue weighted by molar-refractivity contribution is 6.27. The summed E-state index contributed by atoms with van der Waals surface area (Å²) in [6, 6.07) is 3.33. The van der Waals surface area contributed by atoms with Crippen molar-refractivity contribution in [2.45, 2.75) is 19.4 Å². The van der Waals surface area contributed by atoms with Crippen LogP contribution in [-0.4, -0.2) is 57.4 Å². The van der Waals surface area contributed by atoms with Crippen LogP contribution in [0.1, 0.15) is 28.9 Å². The first-order chi connectivity index (χ1) is 12.5. The Morgan fingerprint density at radius 1 is 1.35 bits per heavy atom. The molecule has 0 atom stereocenters. The molecule has 8 heteroatoms. The quantitative estimate of drug-likeness (QED) is 0.306. The van der Waals surface area contributed by atoms with Gasteiger partial charge >= 0.3 is 0 Å². The molecule has 3 rings (SSSR count). The molecule has 2 aromatic rings. The predicted octanol–water partition coefficient (Wildman–Crippen LogP) is 1.42. The number of methoxy groups -OCH3 is 1. The van der Waals surface area contributed by atoms with Crippen molar-refractivity contribution in [1.82, 2.24) is 24.6 Å². The van der Waals surface area contributed by atoms with Gasteiger partial charge in [-0.05, 0) is 25.0 Å². The molecule has 0 unspecified atom stereocenters. The second-order valence-electron chi connectivity index (χ2n) is 6.41. The summed E-state index contributed by atoms with van der Waals surface area (Å²) in [6.45, 7) is 0.149. The van der Waals surface area contributed by atoms with E-state index in [0.717, 1.165) is 12.8 Å². The summed E-state index contributed by atoms with van der Waals surface area (Å²) >= 11 is 0. The van der Waals surface area contributed by atoms with Gasteiger partial charge in [0.2, 0.25) is 0 Å². The monoisotopic (exact) mass is 355 g/mol. The maximum absolute atomic E-state index is 13.1. The molecule has 0 radical (unpaired) electrons. The van der Waals surface area contributed by atoms with E-state index in [2.05, 4.69) is 15.1 Å². The Morgan fingerprint density at radius 3 is 2.69 bits per heavy atom. The van der Waals surface area contributed by atoms with E-state index in [9.17, 15) is 9.59 Å². The largest absolute Gasteiger partial charge is 0.383 e. The van der Waals surface area contributed by atoms with Gasteiger partial charge in [-0.15, -0.1) is 0 Å². The molecule has 2 aromatic heterocycles. The Labute approximate surface area is 151 Å². The van der Waals surface area contributed by atoms with E-state index in [-0.39, 0.29) is 29.7 Å². The van der Waals surface area contributed by atoms with E-state index in [1.165, 1.54) is 24.4 Å². The predicted molar refractivity (Wildman–Crippen MR) is 93.7 cm³/mol. The summed E-state index contributed by atoms with van der Waals surface area (Å²) in [5, 5.41) is 4.04. The number of aromatic nitrogens is 4. The Hall–Kier alpha value is -2.87. The van der Waals surface area contributed by atoms with Crippen LogP contribution in [-0.2, 0) is 16.1 Å². The van der Waals surface area contributed by atoms with Gasteiger partial charge in [-0.1, -0.05) is 0 Å². The van der Waals surface area contributed by atoms with Gasteiger partial charge < -0.3 is 9.64 Å². The summed E-state index contributed by atoms with van der Waals surface area (Å²) in [4.78, 5) is 35.8. The van der Waals surface area contributed by atoms with Gasteiger partial charge in [-0.3, -0.25) is 9.59 Å². The Morgan fingerprint density at radius 2 is 2.12 bits per heavy atom. The van der Waals surface area contributed by atoms with E-state index in [1.807, 2.05) is 0 Å². The first-order valence-electron chi connectivity index (χ1n) is 8.32. The molecule has 0 bridgehead atoms. The van der Waals surface area contributed by atoms with Gasteiger partial charge in [0.15, 0.2) is 17.4 Å². The van der Waals surface area contributed by atoms with Gasteiger partial charge in [0, 0.05) is 38.9 Å². The normalized spacial score (nSPS) is 14.3. The molecule has 0 N–H and O–H groups in total. The van der Waals surface area contributed by atoms with Crippen molar-refractivity contribution in [2.75, 3.05) is 21.2 Å². The lowest BCUT2D eigenvalue weighted by atomic mass is 9.97. The molecule has 1 saturated carbocycles. The Bertz CT molecular complexity index is 839. The molecular weight excluding hydrogens is 334 g/mol. The molecule has 2 heterocycles. The fourth-order valence-electron chi connectivity index (χ4n) is 2.60. The van der Waals surface area contributed by atoms with Crippen molar-refractivity contribution in [3.05, 3.63) is 47.8 Å². The number of carbonyl (C=O) groups is 2. The summed E-state index contributed by atoms with van der Waals surface area (Å²) < 4.78 is 6.70. The zero-order chi connectivity index (χ0) is 18.7. The number of allylic oxidation sites excluding steroid dienone is 1. The summed E-state index contributed by atoms with van der Waals surface area (Å²) in [7, 11) is 5.11. The van der Waals surface area contributed by atoms with Gasteiger partial charge in [-0.25, -0.2) is 14.6 Å². The van der Waals surface area contributed by atoms with Crippen molar-refractivity contribution in [3.63, 3.8) is 0 Å². The summed E-state index contributed by atoms with van der Waals surface area (Å²) in [5.41, 5.74) is 1.00. The number of hydrogen-bond donors (Lipinski definition) is 0. The van der Waals surface area contributed by atoms with E-state index in [1.54, 1.807) is 37.3 Å². The lowest BCUT2D eigenvalue weighted by Crippen LogP contribution is -2.20. The molecule has 1 aliphatic rings. The number of carbonyl (C=O) groups excluding carboxylic acids is 2. The molecule has 8 nitrogen and oxygen atoms in total. The van der Waals surface area contributed by atoms with Crippen molar-refractivity contribution < 1.29 is 14.3 Å². The number of rotatable bonds is 8. The first-order valence-corrected chi connectivity index (χ1v) is 8.32. The molecule has 1 aliphatic carbocycles. The number of pyridine rings is 1. The van der Waals surface area contributed by atoms with Crippen LogP contribution in [0.15, 0.2) is 36.6 Å². The van der Waals surface area contributed by atoms with Crippen molar-refractivity contribution >= 4 is 11.6 Å². The van der Waals surface area contributed by atoms with Gasteiger partial charge in [0.1, 0.15) is 12.7 Å². The van der Waals surface area contributed by atoms with Crippen LogP contribution in [0.4, 0.5) is 0 Å². The molecule has 0 spiro atoms. The fraction of sp³-hybridized carbons (Fsp3) is 0.389. The SMILES string of the molecule is COCc1nc(-n2cncn2)ccc1C(=O)/C(=C\N(C)C)C(=O)C1CC1. The smallest absolute Gasteiger partial charge is 0.200 e. The fourth-order valence-corrected chi connectivity index (χ4v) is 2.60. The number of ether oxygens (including phenoxy) is 1. The Balaban J connectivity index is 2.00. The number of nitrogens with zero attached hydrogens (tertiary/aromatic N) is 5. The Kier molecular flexibility index (Phi) is 5.22. The zero-order valence-corrected chi connectivity index (χ0v) is 15.0. The van der Waals surface area contributed by atoms with Gasteiger partial charge in [0.05, 0.1) is 17.9 Å². The molecule has 0 saturated heterocycles. The van der Waals surface area contributed by atoms with Gasteiger partial charge in [-0.2, -0.15) is 5.10 Å². The highest BCUT2D eigenvalue weighted by atomic mass is 16.5. The van der Waals surface area contributed by atoms with Crippen LogP contribution in [0.25, 0.3) is 5.82 Å². The minimum absolute atomic E-state index is 0.0431. The van der Waals surface area contributed by atoms with Crippen LogP contribution < -0.4 is 0 Å². The summed E-state index contributed by atoms with van der Waals surface area (Å²) in [5.74, 6) is 0.0453. The molecule has 0 amide bonds. The third kappa shape index (κ3) is 3.85. The van der Waals surface area contributed by atoms with E-state index < -0.39 is 0 Å². The van der Waals surface area contributed by atoms with E-state index >= 15 is 0 Å². The molecule has 26 heavy (non-hydrogen) atoms. The minimum Gasteiger partial charge on any atom is -0.383 e. The van der Waals surface area contributed by atoms with Crippen LogP contribution in [0, 0.1) is 5.92 Å².